The molecule has 1 saturated heterocycles. The third-order valence-electron chi connectivity index (χ3n) is 4.58. The standard InChI is InChI=1S/C15H30N2/c1-12(2)10-17(15-6-4-5-7-15)11-13(3)14-8-16-9-14/h12-16H,4-11H2,1-3H3. The van der Waals surface area contributed by atoms with Gasteiger partial charge in [-0.1, -0.05) is 33.6 Å². The first-order valence-corrected chi connectivity index (χ1v) is 7.61. The molecule has 1 aliphatic carbocycles. The van der Waals surface area contributed by atoms with Crippen molar-refractivity contribution < 1.29 is 0 Å². The molecule has 0 aromatic carbocycles. The summed E-state index contributed by atoms with van der Waals surface area (Å²) in [6.45, 7) is 12.3. The molecule has 0 aromatic rings. The lowest BCUT2D eigenvalue weighted by Gasteiger charge is -2.38. The predicted octanol–water partition coefficient (Wildman–Crippen LogP) is 2.74. The first kappa shape index (κ1) is 13.4. The summed E-state index contributed by atoms with van der Waals surface area (Å²) in [5, 5.41) is 3.41. The van der Waals surface area contributed by atoms with Crippen molar-refractivity contribution in [3.05, 3.63) is 0 Å². The molecule has 0 aromatic heterocycles. The minimum Gasteiger partial charge on any atom is -0.316 e. The SMILES string of the molecule is CC(C)CN(CC(C)C1CNC1)C1CCCC1. The van der Waals surface area contributed by atoms with E-state index in [0.29, 0.717) is 0 Å². The first-order valence-electron chi connectivity index (χ1n) is 7.61. The Morgan fingerprint density at radius 3 is 2.18 bits per heavy atom. The highest BCUT2D eigenvalue weighted by Crippen LogP contribution is 2.27. The highest BCUT2D eigenvalue weighted by atomic mass is 15.2. The van der Waals surface area contributed by atoms with Gasteiger partial charge in [0.2, 0.25) is 0 Å². The van der Waals surface area contributed by atoms with Crippen LogP contribution in [0.1, 0.15) is 46.5 Å². The Morgan fingerprint density at radius 2 is 1.71 bits per heavy atom. The van der Waals surface area contributed by atoms with Crippen LogP contribution >= 0.6 is 0 Å². The van der Waals surface area contributed by atoms with E-state index in [0.717, 1.165) is 23.8 Å². The van der Waals surface area contributed by atoms with Crippen molar-refractivity contribution in [1.82, 2.24) is 10.2 Å². The first-order chi connectivity index (χ1) is 8.16. The van der Waals surface area contributed by atoms with Crippen LogP contribution in [0.25, 0.3) is 0 Å². The lowest BCUT2D eigenvalue weighted by Crippen LogP contribution is -2.49. The fourth-order valence-electron chi connectivity index (χ4n) is 3.34. The molecule has 2 heteroatoms. The van der Waals surface area contributed by atoms with Gasteiger partial charge in [0.1, 0.15) is 0 Å². The van der Waals surface area contributed by atoms with Crippen LogP contribution in [0.2, 0.25) is 0 Å². The maximum atomic E-state index is 3.41. The summed E-state index contributed by atoms with van der Waals surface area (Å²) < 4.78 is 0. The summed E-state index contributed by atoms with van der Waals surface area (Å²) >= 11 is 0. The van der Waals surface area contributed by atoms with E-state index in [2.05, 4.69) is 31.0 Å². The molecular formula is C15H30N2. The molecule has 0 radical (unpaired) electrons. The van der Waals surface area contributed by atoms with E-state index in [-0.39, 0.29) is 0 Å². The zero-order valence-electron chi connectivity index (χ0n) is 11.9. The Labute approximate surface area is 107 Å². The summed E-state index contributed by atoms with van der Waals surface area (Å²) in [5.74, 6) is 2.61. The van der Waals surface area contributed by atoms with Gasteiger partial charge in [0.25, 0.3) is 0 Å². The van der Waals surface area contributed by atoms with Crippen LogP contribution in [0.3, 0.4) is 0 Å². The molecular weight excluding hydrogens is 208 g/mol. The number of nitrogens with zero attached hydrogens (tertiary/aromatic N) is 1. The van der Waals surface area contributed by atoms with Crippen molar-refractivity contribution in [2.24, 2.45) is 17.8 Å². The molecule has 1 atom stereocenters. The monoisotopic (exact) mass is 238 g/mol. The molecule has 1 N–H and O–H groups in total. The van der Waals surface area contributed by atoms with Crippen molar-refractivity contribution in [1.29, 1.82) is 0 Å². The second-order valence-electron chi connectivity index (χ2n) is 6.68. The molecule has 17 heavy (non-hydrogen) atoms. The van der Waals surface area contributed by atoms with Crippen LogP contribution < -0.4 is 5.32 Å². The van der Waals surface area contributed by atoms with Crippen molar-refractivity contribution in [3.63, 3.8) is 0 Å². The van der Waals surface area contributed by atoms with E-state index in [1.165, 1.54) is 51.9 Å². The highest BCUT2D eigenvalue weighted by Gasteiger charge is 2.29. The molecule has 1 unspecified atom stereocenters. The lowest BCUT2D eigenvalue weighted by atomic mass is 9.88. The lowest BCUT2D eigenvalue weighted by molar-refractivity contribution is 0.117. The molecule has 1 aliphatic heterocycles. The Morgan fingerprint density at radius 1 is 1.06 bits per heavy atom. The number of hydrogen-bond acceptors (Lipinski definition) is 2. The van der Waals surface area contributed by atoms with Gasteiger partial charge in [0, 0.05) is 19.1 Å². The molecule has 1 saturated carbocycles. The Bertz CT molecular complexity index is 217. The normalized spacial score (nSPS) is 24.5. The maximum absolute atomic E-state index is 3.41. The minimum absolute atomic E-state index is 0.808. The topological polar surface area (TPSA) is 15.3 Å². The predicted molar refractivity (Wildman–Crippen MR) is 74.2 cm³/mol. The Hall–Kier alpha value is -0.0800. The van der Waals surface area contributed by atoms with Gasteiger partial charge in [-0.3, -0.25) is 4.90 Å². The molecule has 0 spiro atoms. The Balaban J connectivity index is 1.84. The maximum Gasteiger partial charge on any atom is 0.00954 e. The molecule has 0 bridgehead atoms. The fourth-order valence-corrected chi connectivity index (χ4v) is 3.34. The quantitative estimate of drug-likeness (QED) is 0.765. The summed E-state index contributed by atoms with van der Waals surface area (Å²) in [6.07, 6.45) is 5.81. The van der Waals surface area contributed by atoms with Gasteiger partial charge in [-0.25, -0.2) is 0 Å². The van der Waals surface area contributed by atoms with Gasteiger partial charge >= 0.3 is 0 Å². The van der Waals surface area contributed by atoms with Gasteiger partial charge in [0.05, 0.1) is 0 Å². The van der Waals surface area contributed by atoms with Crippen molar-refractivity contribution in [2.45, 2.75) is 52.5 Å². The number of rotatable bonds is 6. The molecule has 100 valence electrons. The van der Waals surface area contributed by atoms with Crippen molar-refractivity contribution in [3.8, 4) is 0 Å². The average Bonchev–Trinajstić information content (AvgIpc) is 2.65. The van der Waals surface area contributed by atoms with Gasteiger partial charge in [-0.15, -0.1) is 0 Å². The smallest absolute Gasteiger partial charge is 0.00954 e. The van der Waals surface area contributed by atoms with E-state index in [1.54, 1.807) is 0 Å². The molecule has 2 rings (SSSR count). The summed E-state index contributed by atoms with van der Waals surface area (Å²) in [4.78, 5) is 2.81. The second-order valence-corrected chi connectivity index (χ2v) is 6.68. The molecule has 1 heterocycles. The van der Waals surface area contributed by atoms with Gasteiger partial charge < -0.3 is 5.32 Å². The molecule has 2 aliphatic rings. The zero-order valence-corrected chi connectivity index (χ0v) is 11.9. The van der Waals surface area contributed by atoms with Crippen LogP contribution in [-0.2, 0) is 0 Å². The Kier molecular flexibility index (Phi) is 4.87. The van der Waals surface area contributed by atoms with Crippen LogP contribution in [0.5, 0.6) is 0 Å². The molecule has 2 nitrogen and oxygen atoms in total. The third-order valence-corrected chi connectivity index (χ3v) is 4.58. The van der Waals surface area contributed by atoms with E-state index in [9.17, 15) is 0 Å². The van der Waals surface area contributed by atoms with Crippen molar-refractivity contribution >= 4 is 0 Å². The van der Waals surface area contributed by atoms with Gasteiger partial charge in [0.15, 0.2) is 0 Å². The summed E-state index contributed by atoms with van der Waals surface area (Å²) in [5.41, 5.74) is 0. The summed E-state index contributed by atoms with van der Waals surface area (Å²) in [6, 6.07) is 0.896. The average molecular weight is 238 g/mol. The van der Waals surface area contributed by atoms with Gasteiger partial charge in [-0.2, -0.15) is 0 Å². The second kappa shape index (κ2) is 6.19. The fraction of sp³-hybridized carbons (Fsp3) is 1.00. The van der Waals surface area contributed by atoms with Gasteiger partial charge in [-0.05, 0) is 43.7 Å². The van der Waals surface area contributed by atoms with E-state index >= 15 is 0 Å². The highest BCUT2D eigenvalue weighted by molar-refractivity contribution is 4.84. The van der Waals surface area contributed by atoms with Crippen LogP contribution in [0, 0.1) is 17.8 Å². The minimum atomic E-state index is 0.808. The third kappa shape index (κ3) is 3.69. The van der Waals surface area contributed by atoms with Crippen LogP contribution in [-0.4, -0.2) is 37.1 Å². The molecule has 0 amide bonds. The van der Waals surface area contributed by atoms with Crippen LogP contribution in [0.4, 0.5) is 0 Å². The zero-order chi connectivity index (χ0) is 12.3. The largest absolute Gasteiger partial charge is 0.316 e. The van der Waals surface area contributed by atoms with Crippen molar-refractivity contribution in [2.75, 3.05) is 26.2 Å². The number of nitrogens with one attached hydrogen (secondary N) is 1. The summed E-state index contributed by atoms with van der Waals surface area (Å²) in [7, 11) is 0. The number of hydrogen-bond donors (Lipinski definition) is 1. The van der Waals surface area contributed by atoms with E-state index < -0.39 is 0 Å². The molecule has 2 fully saturated rings. The van der Waals surface area contributed by atoms with E-state index in [4.69, 9.17) is 0 Å². The van der Waals surface area contributed by atoms with Crippen LogP contribution in [0.15, 0.2) is 0 Å². The van der Waals surface area contributed by atoms with E-state index in [1.807, 2.05) is 0 Å².